The molecule has 0 bridgehead atoms. The van der Waals surface area contributed by atoms with Crippen LogP contribution in [0.4, 0.5) is 0 Å². The molecule has 1 aliphatic heterocycles. The molecule has 0 saturated carbocycles. The molecule has 0 spiro atoms. The van der Waals surface area contributed by atoms with E-state index in [0.29, 0.717) is 11.7 Å². The molecule has 2 heterocycles. The third-order valence-corrected chi connectivity index (χ3v) is 5.16. The van der Waals surface area contributed by atoms with Gasteiger partial charge < -0.3 is 9.42 Å². The lowest BCUT2D eigenvalue weighted by Gasteiger charge is -2.36. The Morgan fingerprint density at radius 2 is 2.00 bits per heavy atom. The normalized spacial score (nSPS) is 23.6. The fourth-order valence-corrected chi connectivity index (χ4v) is 3.78. The number of allylic oxidation sites excluding steroid dienone is 2. The molecule has 1 aromatic heterocycles. The summed E-state index contributed by atoms with van der Waals surface area (Å²) in [7, 11) is 0. The second-order valence-corrected chi connectivity index (χ2v) is 6.85. The third-order valence-electron chi connectivity index (χ3n) is 5.16. The lowest BCUT2D eigenvalue weighted by atomic mass is 9.91. The molecule has 130 valence electrons. The maximum Gasteiger partial charge on any atom is 0.249 e. The smallest absolute Gasteiger partial charge is 0.249 e. The van der Waals surface area contributed by atoms with Gasteiger partial charge in [-0.3, -0.25) is 4.79 Å². The first-order chi connectivity index (χ1) is 12.3. The van der Waals surface area contributed by atoms with Crippen LogP contribution in [0.15, 0.2) is 47.0 Å². The van der Waals surface area contributed by atoms with E-state index in [-0.39, 0.29) is 17.9 Å². The summed E-state index contributed by atoms with van der Waals surface area (Å²) in [4.78, 5) is 19.6. The molecule has 1 amide bonds. The lowest BCUT2D eigenvalue weighted by molar-refractivity contribution is -0.140. The Hall–Kier alpha value is -2.43. The van der Waals surface area contributed by atoms with Crippen LogP contribution in [0, 0.1) is 5.92 Å². The minimum absolute atomic E-state index is 0.0860. The van der Waals surface area contributed by atoms with Gasteiger partial charge in [0.25, 0.3) is 0 Å². The van der Waals surface area contributed by atoms with Crippen molar-refractivity contribution in [1.82, 2.24) is 15.0 Å². The highest BCUT2D eigenvalue weighted by atomic mass is 16.5. The van der Waals surface area contributed by atoms with Gasteiger partial charge in [0.2, 0.25) is 17.6 Å². The average molecular weight is 337 g/mol. The predicted octanol–water partition coefficient (Wildman–Crippen LogP) is 4.15. The van der Waals surface area contributed by atoms with Gasteiger partial charge >= 0.3 is 0 Å². The molecule has 25 heavy (non-hydrogen) atoms. The third kappa shape index (κ3) is 3.36. The van der Waals surface area contributed by atoms with Crippen LogP contribution < -0.4 is 0 Å². The Bertz CT molecular complexity index is 753. The summed E-state index contributed by atoms with van der Waals surface area (Å²) >= 11 is 0. The molecule has 2 aromatic rings. The Balaban J connectivity index is 1.56. The summed E-state index contributed by atoms with van der Waals surface area (Å²) in [6, 6.07) is 9.72. The Morgan fingerprint density at radius 3 is 2.80 bits per heavy atom. The molecule has 1 aromatic carbocycles. The molecule has 2 atom stereocenters. The summed E-state index contributed by atoms with van der Waals surface area (Å²) < 4.78 is 5.56. The highest BCUT2D eigenvalue weighted by molar-refractivity contribution is 5.79. The molecule has 1 aliphatic carbocycles. The van der Waals surface area contributed by atoms with E-state index in [2.05, 4.69) is 22.3 Å². The van der Waals surface area contributed by atoms with Crippen molar-refractivity contribution in [3.63, 3.8) is 0 Å². The summed E-state index contributed by atoms with van der Waals surface area (Å²) in [6.45, 7) is 0.784. The number of nitrogens with zero attached hydrogens (tertiary/aromatic N) is 3. The number of carbonyl (C=O) groups is 1. The number of benzene rings is 1. The van der Waals surface area contributed by atoms with Crippen molar-refractivity contribution in [3.8, 4) is 11.4 Å². The largest absolute Gasteiger partial charge is 0.337 e. The first-order valence-corrected chi connectivity index (χ1v) is 9.17. The molecule has 4 rings (SSSR count). The second kappa shape index (κ2) is 7.21. The van der Waals surface area contributed by atoms with Crippen LogP contribution in [0.1, 0.15) is 50.5 Å². The zero-order valence-electron chi connectivity index (χ0n) is 14.3. The summed E-state index contributed by atoms with van der Waals surface area (Å²) in [5, 5.41) is 4.13. The van der Waals surface area contributed by atoms with E-state index in [1.165, 1.54) is 0 Å². The molecule has 0 N–H and O–H groups in total. The molecule has 1 saturated heterocycles. The first kappa shape index (κ1) is 16.1. The van der Waals surface area contributed by atoms with Gasteiger partial charge in [-0.05, 0) is 38.5 Å². The maximum atomic E-state index is 13.0. The maximum absolute atomic E-state index is 13.0. The van der Waals surface area contributed by atoms with Gasteiger partial charge in [0.15, 0.2) is 0 Å². The van der Waals surface area contributed by atoms with Gasteiger partial charge in [0.05, 0.1) is 0 Å². The van der Waals surface area contributed by atoms with Crippen LogP contribution in [0.3, 0.4) is 0 Å². The molecule has 5 nitrogen and oxygen atoms in total. The molecular formula is C20H23N3O2. The number of hydrogen-bond donors (Lipinski definition) is 0. The van der Waals surface area contributed by atoms with E-state index < -0.39 is 0 Å². The number of rotatable bonds is 3. The predicted molar refractivity (Wildman–Crippen MR) is 94.5 cm³/mol. The monoisotopic (exact) mass is 337 g/mol. The van der Waals surface area contributed by atoms with Gasteiger partial charge in [-0.1, -0.05) is 47.6 Å². The van der Waals surface area contributed by atoms with Gasteiger partial charge in [0, 0.05) is 18.0 Å². The fourth-order valence-electron chi connectivity index (χ4n) is 3.78. The SMILES string of the molecule is O=C([C@H]1CC=CCC1)N1CCCC[C@H]1c1nc(-c2ccccc2)no1. The number of likely N-dealkylation sites (tertiary alicyclic amines) is 1. The molecule has 5 heteroatoms. The van der Waals surface area contributed by atoms with E-state index in [1.807, 2.05) is 35.2 Å². The van der Waals surface area contributed by atoms with Crippen LogP contribution in [-0.4, -0.2) is 27.5 Å². The number of amides is 1. The highest BCUT2D eigenvalue weighted by Gasteiger charge is 2.35. The Kier molecular flexibility index (Phi) is 4.63. The minimum Gasteiger partial charge on any atom is -0.337 e. The van der Waals surface area contributed by atoms with Crippen molar-refractivity contribution in [2.75, 3.05) is 6.54 Å². The standard InChI is InChI=1S/C20H23N3O2/c24-20(16-11-5-2-6-12-16)23-14-8-7-13-17(23)19-21-18(22-25-19)15-9-3-1-4-10-15/h1-5,9-10,16-17H,6-8,11-14H2/t16-,17-/m0/s1. The van der Waals surface area contributed by atoms with Gasteiger partial charge in [-0.15, -0.1) is 0 Å². The lowest BCUT2D eigenvalue weighted by Crippen LogP contribution is -2.42. The zero-order chi connectivity index (χ0) is 17.1. The summed E-state index contributed by atoms with van der Waals surface area (Å²) in [6.07, 6.45) is 10.1. The molecule has 1 fully saturated rings. The topological polar surface area (TPSA) is 59.2 Å². The number of hydrogen-bond acceptors (Lipinski definition) is 4. The van der Waals surface area contributed by atoms with E-state index in [1.54, 1.807) is 0 Å². The fraction of sp³-hybridized carbons (Fsp3) is 0.450. The molecule has 0 unspecified atom stereocenters. The van der Waals surface area contributed by atoms with Crippen LogP contribution in [0.5, 0.6) is 0 Å². The van der Waals surface area contributed by atoms with Gasteiger partial charge in [-0.25, -0.2) is 0 Å². The van der Waals surface area contributed by atoms with E-state index in [0.717, 1.165) is 50.6 Å². The Morgan fingerprint density at radius 1 is 1.12 bits per heavy atom. The Labute approximate surface area is 147 Å². The van der Waals surface area contributed by atoms with E-state index in [4.69, 9.17) is 4.52 Å². The zero-order valence-corrected chi connectivity index (χ0v) is 14.3. The van der Waals surface area contributed by atoms with Crippen LogP contribution in [-0.2, 0) is 4.79 Å². The first-order valence-electron chi connectivity index (χ1n) is 9.17. The number of carbonyl (C=O) groups excluding carboxylic acids is 1. The van der Waals surface area contributed by atoms with Crippen LogP contribution >= 0.6 is 0 Å². The second-order valence-electron chi connectivity index (χ2n) is 6.85. The highest BCUT2D eigenvalue weighted by Crippen LogP contribution is 2.34. The van der Waals surface area contributed by atoms with Crippen molar-refractivity contribution < 1.29 is 9.32 Å². The van der Waals surface area contributed by atoms with Crippen molar-refractivity contribution in [3.05, 3.63) is 48.4 Å². The average Bonchev–Trinajstić information content (AvgIpc) is 3.19. The number of aromatic nitrogens is 2. The van der Waals surface area contributed by atoms with Crippen molar-refractivity contribution in [1.29, 1.82) is 0 Å². The molecule has 2 aliphatic rings. The van der Waals surface area contributed by atoms with Crippen molar-refractivity contribution in [2.45, 2.75) is 44.6 Å². The number of piperidine rings is 1. The minimum atomic E-state index is -0.0860. The quantitative estimate of drug-likeness (QED) is 0.790. The summed E-state index contributed by atoms with van der Waals surface area (Å²) in [5.74, 6) is 1.50. The van der Waals surface area contributed by atoms with E-state index in [9.17, 15) is 4.79 Å². The van der Waals surface area contributed by atoms with Gasteiger partial charge in [-0.2, -0.15) is 4.98 Å². The van der Waals surface area contributed by atoms with Crippen molar-refractivity contribution in [2.24, 2.45) is 5.92 Å². The van der Waals surface area contributed by atoms with Crippen molar-refractivity contribution >= 4 is 5.91 Å². The van der Waals surface area contributed by atoms with Gasteiger partial charge in [0.1, 0.15) is 6.04 Å². The molecule has 0 radical (unpaired) electrons. The van der Waals surface area contributed by atoms with Crippen LogP contribution in [0.2, 0.25) is 0 Å². The van der Waals surface area contributed by atoms with Crippen LogP contribution in [0.25, 0.3) is 11.4 Å². The summed E-state index contributed by atoms with van der Waals surface area (Å²) in [5.41, 5.74) is 0.934. The van der Waals surface area contributed by atoms with E-state index >= 15 is 0 Å². The molecular weight excluding hydrogens is 314 g/mol.